The van der Waals surface area contributed by atoms with Gasteiger partial charge in [-0.15, -0.1) is 0 Å². The lowest BCUT2D eigenvalue weighted by molar-refractivity contribution is -0.159. The van der Waals surface area contributed by atoms with Crippen LogP contribution in [0.15, 0.2) is 0 Å². The van der Waals surface area contributed by atoms with E-state index >= 15 is 0 Å². The second-order valence-electron chi connectivity index (χ2n) is 6.33. The van der Waals surface area contributed by atoms with Crippen LogP contribution in [-0.2, 0) is 9.53 Å². The number of carbonyl (C=O) groups is 1. The maximum absolute atomic E-state index is 12.5. The summed E-state index contributed by atoms with van der Waals surface area (Å²) >= 11 is 0. The Morgan fingerprint density at radius 1 is 1.32 bits per heavy atom. The molecule has 2 aliphatic rings. The first-order valence-electron chi connectivity index (χ1n) is 8.16. The van der Waals surface area contributed by atoms with Crippen molar-refractivity contribution in [1.82, 2.24) is 5.32 Å². The van der Waals surface area contributed by atoms with Crippen LogP contribution in [0.5, 0.6) is 0 Å². The normalized spacial score (nSPS) is 35.3. The van der Waals surface area contributed by atoms with Gasteiger partial charge in [0.25, 0.3) is 0 Å². The Labute approximate surface area is 117 Å². The number of esters is 1. The van der Waals surface area contributed by atoms with E-state index in [4.69, 9.17) is 4.74 Å². The summed E-state index contributed by atoms with van der Waals surface area (Å²) in [6, 6.07) is 0. The molecule has 1 saturated carbocycles. The largest absolute Gasteiger partial charge is 0.461 e. The lowest BCUT2D eigenvalue weighted by atomic mass is 9.85. The summed E-state index contributed by atoms with van der Waals surface area (Å²) in [6.07, 6.45) is 10.0. The third kappa shape index (κ3) is 3.50. The zero-order valence-corrected chi connectivity index (χ0v) is 12.5. The summed E-state index contributed by atoms with van der Waals surface area (Å²) in [5, 5.41) is 3.41. The molecule has 1 N–H and O–H groups in total. The van der Waals surface area contributed by atoms with Gasteiger partial charge in [-0.3, -0.25) is 4.79 Å². The quantitative estimate of drug-likeness (QED) is 0.776. The first kappa shape index (κ1) is 14.8. The van der Waals surface area contributed by atoms with Gasteiger partial charge < -0.3 is 10.1 Å². The molecule has 3 nitrogen and oxygen atoms in total. The van der Waals surface area contributed by atoms with Crippen molar-refractivity contribution in [3.8, 4) is 0 Å². The standard InChI is InChI=1S/C16H29NO2/c1-3-9-16(10-6-11-17-16)15(18)19-14-8-5-7-13(4-2)12-14/h13-14,17H,3-12H2,1-2H3. The molecule has 19 heavy (non-hydrogen) atoms. The van der Waals surface area contributed by atoms with Gasteiger partial charge in [-0.2, -0.15) is 0 Å². The van der Waals surface area contributed by atoms with Gasteiger partial charge in [-0.05, 0) is 51.0 Å². The lowest BCUT2D eigenvalue weighted by Crippen LogP contribution is -2.49. The minimum atomic E-state index is -0.367. The van der Waals surface area contributed by atoms with Crippen LogP contribution in [0.1, 0.15) is 71.6 Å². The molecule has 0 radical (unpaired) electrons. The van der Waals surface area contributed by atoms with E-state index in [0.29, 0.717) is 0 Å². The van der Waals surface area contributed by atoms with Crippen molar-refractivity contribution in [2.45, 2.75) is 83.3 Å². The number of nitrogens with one attached hydrogen (secondary N) is 1. The van der Waals surface area contributed by atoms with E-state index in [2.05, 4.69) is 19.2 Å². The molecule has 1 aliphatic heterocycles. The maximum atomic E-state index is 12.5. The van der Waals surface area contributed by atoms with Gasteiger partial charge in [0.1, 0.15) is 11.6 Å². The van der Waals surface area contributed by atoms with Gasteiger partial charge in [0.15, 0.2) is 0 Å². The molecular formula is C16H29NO2. The summed E-state index contributed by atoms with van der Waals surface area (Å²) in [7, 11) is 0. The Morgan fingerprint density at radius 2 is 2.16 bits per heavy atom. The van der Waals surface area contributed by atoms with Gasteiger partial charge >= 0.3 is 5.97 Å². The van der Waals surface area contributed by atoms with Gasteiger partial charge in [0.05, 0.1) is 0 Å². The number of ether oxygens (including phenoxy) is 1. The Bertz CT molecular complexity index is 297. The molecule has 3 heteroatoms. The van der Waals surface area contributed by atoms with Crippen molar-refractivity contribution in [3.63, 3.8) is 0 Å². The van der Waals surface area contributed by atoms with Crippen molar-refractivity contribution in [2.24, 2.45) is 5.92 Å². The lowest BCUT2D eigenvalue weighted by Gasteiger charge is -2.33. The van der Waals surface area contributed by atoms with Gasteiger partial charge in [-0.25, -0.2) is 0 Å². The van der Waals surface area contributed by atoms with Crippen molar-refractivity contribution in [2.75, 3.05) is 6.54 Å². The average molecular weight is 267 g/mol. The van der Waals surface area contributed by atoms with Crippen LogP contribution in [0.25, 0.3) is 0 Å². The summed E-state index contributed by atoms with van der Waals surface area (Å²) < 4.78 is 5.86. The van der Waals surface area contributed by atoms with E-state index in [9.17, 15) is 4.79 Å². The molecule has 3 unspecified atom stereocenters. The maximum Gasteiger partial charge on any atom is 0.326 e. The molecule has 3 atom stereocenters. The summed E-state index contributed by atoms with van der Waals surface area (Å²) in [4.78, 5) is 12.5. The fourth-order valence-corrected chi connectivity index (χ4v) is 3.71. The SMILES string of the molecule is CCCC1(C(=O)OC2CCCC(CC)C2)CCCN1. The van der Waals surface area contributed by atoms with Gasteiger partial charge in [-0.1, -0.05) is 33.1 Å². The zero-order valence-electron chi connectivity index (χ0n) is 12.5. The minimum Gasteiger partial charge on any atom is -0.461 e. The van der Waals surface area contributed by atoms with Crippen molar-refractivity contribution in [3.05, 3.63) is 0 Å². The monoisotopic (exact) mass is 267 g/mol. The van der Waals surface area contributed by atoms with E-state index in [0.717, 1.165) is 51.0 Å². The van der Waals surface area contributed by atoms with Crippen molar-refractivity contribution in [1.29, 1.82) is 0 Å². The molecule has 0 aromatic rings. The molecule has 110 valence electrons. The molecule has 1 saturated heterocycles. The van der Waals surface area contributed by atoms with Crippen LogP contribution in [0.2, 0.25) is 0 Å². The molecular weight excluding hydrogens is 238 g/mol. The average Bonchev–Trinajstić information content (AvgIpc) is 2.89. The minimum absolute atomic E-state index is 0.0219. The van der Waals surface area contributed by atoms with Crippen molar-refractivity contribution < 1.29 is 9.53 Å². The molecule has 0 aromatic heterocycles. The summed E-state index contributed by atoms with van der Waals surface area (Å²) in [6.45, 7) is 5.34. The third-order valence-electron chi connectivity index (χ3n) is 4.90. The van der Waals surface area contributed by atoms with Crippen LogP contribution in [0.3, 0.4) is 0 Å². The van der Waals surface area contributed by atoms with E-state index in [1.165, 1.54) is 19.3 Å². The highest BCUT2D eigenvalue weighted by molar-refractivity contribution is 5.81. The highest BCUT2D eigenvalue weighted by Gasteiger charge is 2.42. The molecule has 2 rings (SSSR count). The van der Waals surface area contributed by atoms with E-state index in [1.54, 1.807) is 0 Å². The van der Waals surface area contributed by atoms with Gasteiger partial charge in [0.2, 0.25) is 0 Å². The van der Waals surface area contributed by atoms with Gasteiger partial charge in [0, 0.05) is 0 Å². The van der Waals surface area contributed by atoms with Crippen LogP contribution in [0, 0.1) is 5.92 Å². The molecule has 1 aliphatic carbocycles. The highest BCUT2D eigenvalue weighted by atomic mass is 16.5. The Kier molecular flexibility index (Phi) is 5.26. The predicted octanol–water partition coefficient (Wildman–Crippen LogP) is 3.42. The Hall–Kier alpha value is -0.570. The number of carbonyl (C=O) groups excluding carboxylic acids is 1. The fourth-order valence-electron chi connectivity index (χ4n) is 3.71. The second kappa shape index (κ2) is 6.74. The van der Waals surface area contributed by atoms with E-state index < -0.39 is 0 Å². The highest BCUT2D eigenvalue weighted by Crippen LogP contribution is 2.32. The molecule has 2 fully saturated rings. The summed E-state index contributed by atoms with van der Waals surface area (Å²) in [5.41, 5.74) is -0.367. The zero-order chi connectivity index (χ0) is 13.7. The Morgan fingerprint density at radius 3 is 2.79 bits per heavy atom. The molecule has 1 heterocycles. The third-order valence-corrected chi connectivity index (χ3v) is 4.90. The van der Waals surface area contributed by atoms with Crippen LogP contribution in [0.4, 0.5) is 0 Å². The van der Waals surface area contributed by atoms with Crippen molar-refractivity contribution >= 4 is 5.97 Å². The fraction of sp³-hybridized carbons (Fsp3) is 0.938. The van der Waals surface area contributed by atoms with E-state index in [-0.39, 0.29) is 17.6 Å². The predicted molar refractivity (Wildman–Crippen MR) is 77.0 cm³/mol. The first-order valence-corrected chi connectivity index (χ1v) is 8.16. The van der Waals surface area contributed by atoms with Crippen LogP contribution < -0.4 is 5.32 Å². The van der Waals surface area contributed by atoms with E-state index in [1.807, 2.05) is 0 Å². The topological polar surface area (TPSA) is 38.3 Å². The number of rotatable bonds is 5. The smallest absolute Gasteiger partial charge is 0.326 e. The molecule has 0 bridgehead atoms. The molecule has 0 spiro atoms. The molecule has 0 aromatic carbocycles. The van der Waals surface area contributed by atoms with Crippen LogP contribution >= 0.6 is 0 Å². The Balaban J connectivity index is 1.91. The molecule has 0 amide bonds. The second-order valence-corrected chi connectivity index (χ2v) is 6.33. The first-order chi connectivity index (χ1) is 9.20. The number of hydrogen-bond acceptors (Lipinski definition) is 3. The summed E-state index contributed by atoms with van der Waals surface area (Å²) in [5.74, 6) is 0.777. The van der Waals surface area contributed by atoms with Crippen LogP contribution in [-0.4, -0.2) is 24.2 Å². The number of hydrogen-bond donors (Lipinski definition) is 1.